The average molecular weight is 196 g/mol. The third-order valence-electron chi connectivity index (χ3n) is 2.58. The van der Waals surface area contributed by atoms with Crippen molar-refractivity contribution in [3.63, 3.8) is 0 Å². The maximum atomic E-state index is 5.59. The van der Waals surface area contributed by atoms with Crippen LogP contribution in [-0.2, 0) is 13.1 Å². The molecule has 0 aromatic carbocycles. The van der Waals surface area contributed by atoms with Crippen molar-refractivity contribution in [2.45, 2.75) is 33.0 Å². The Morgan fingerprint density at radius 3 is 2.86 bits per heavy atom. The molecule has 1 aromatic heterocycles. The van der Waals surface area contributed by atoms with E-state index in [0.717, 1.165) is 18.8 Å². The third kappa shape index (κ3) is 2.82. The van der Waals surface area contributed by atoms with Crippen LogP contribution in [-0.4, -0.2) is 34.1 Å². The molecule has 2 N–H and O–H groups in total. The molecular formula is C10H20N4. The molecule has 0 saturated heterocycles. The second-order valence-electron chi connectivity index (χ2n) is 3.86. The molecule has 0 amide bonds. The maximum absolute atomic E-state index is 5.59. The zero-order valence-corrected chi connectivity index (χ0v) is 9.27. The molecule has 0 unspecified atom stereocenters. The second-order valence-corrected chi connectivity index (χ2v) is 3.86. The summed E-state index contributed by atoms with van der Waals surface area (Å²) in [4.78, 5) is 6.39. The van der Waals surface area contributed by atoms with Gasteiger partial charge in [-0.25, -0.2) is 4.98 Å². The molecule has 14 heavy (non-hydrogen) atoms. The van der Waals surface area contributed by atoms with Gasteiger partial charge < -0.3 is 15.2 Å². The van der Waals surface area contributed by atoms with Gasteiger partial charge in [-0.3, -0.25) is 0 Å². The first-order valence-corrected chi connectivity index (χ1v) is 5.04. The summed E-state index contributed by atoms with van der Waals surface area (Å²) in [6.45, 7) is 6.93. The van der Waals surface area contributed by atoms with E-state index in [0.29, 0.717) is 12.6 Å². The van der Waals surface area contributed by atoms with Gasteiger partial charge in [-0.2, -0.15) is 0 Å². The number of nitrogens with zero attached hydrogens (tertiary/aromatic N) is 3. The van der Waals surface area contributed by atoms with Gasteiger partial charge in [-0.1, -0.05) is 0 Å². The monoisotopic (exact) mass is 196 g/mol. The Morgan fingerprint density at radius 1 is 1.57 bits per heavy atom. The zero-order chi connectivity index (χ0) is 10.6. The fourth-order valence-corrected chi connectivity index (χ4v) is 1.24. The summed E-state index contributed by atoms with van der Waals surface area (Å²) in [5.41, 5.74) is 6.69. The first kappa shape index (κ1) is 11.2. The standard InChI is InChI=1S/C10H20N4/c1-9(2)13(3)4-5-14-8-12-7-10(14)6-11/h7-9H,4-6,11H2,1-3H3. The van der Waals surface area contributed by atoms with Crippen LogP contribution in [0.5, 0.6) is 0 Å². The molecule has 1 heterocycles. The van der Waals surface area contributed by atoms with Crippen molar-refractivity contribution in [3.8, 4) is 0 Å². The molecule has 0 saturated carbocycles. The molecule has 0 bridgehead atoms. The summed E-state index contributed by atoms with van der Waals surface area (Å²) in [5, 5.41) is 0. The van der Waals surface area contributed by atoms with Crippen molar-refractivity contribution in [1.29, 1.82) is 0 Å². The summed E-state index contributed by atoms with van der Waals surface area (Å²) in [6.07, 6.45) is 3.67. The summed E-state index contributed by atoms with van der Waals surface area (Å²) in [6, 6.07) is 0.583. The van der Waals surface area contributed by atoms with Gasteiger partial charge in [0.15, 0.2) is 0 Å². The van der Waals surface area contributed by atoms with E-state index in [-0.39, 0.29) is 0 Å². The smallest absolute Gasteiger partial charge is 0.0949 e. The largest absolute Gasteiger partial charge is 0.332 e. The summed E-state index contributed by atoms with van der Waals surface area (Å²) >= 11 is 0. The minimum absolute atomic E-state index is 0.561. The average Bonchev–Trinajstić information content (AvgIpc) is 2.60. The number of imidazole rings is 1. The lowest BCUT2D eigenvalue weighted by molar-refractivity contribution is 0.262. The minimum Gasteiger partial charge on any atom is -0.332 e. The van der Waals surface area contributed by atoms with Crippen LogP contribution >= 0.6 is 0 Å². The molecule has 0 spiro atoms. The quantitative estimate of drug-likeness (QED) is 0.753. The molecule has 1 rings (SSSR count). The highest BCUT2D eigenvalue weighted by Crippen LogP contribution is 2.00. The fourth-order valence-electron chi connectivity index (χ4n) is 1.24. The van der Waals surface area contributed by atoms with Gasteiger partial charge in [-0.05, 0) is 20.9 Å². The molecule has 0 aliphatic carbocycles. The van der Waals surface area contributed by atoms with Crippen molar-refractivity contribution >= 4 is 0 Å². The van der Waals surface area contributed by atoms with E-state index in [2.05, 4.69) is 35.3 Å². The van der Waals surface area contributed by atoms with Gasteiger partial charge in [0, 0.05) is 31.9 Å². The Kier molecular flexibility index (Phi) is 4.10. The highest BCUT2D eigenvalue weighted by Gasteiger charge is 2.04. The van der Waals surface area contributed by atoms with Crippen LogP contribution in [0.3, 0.4) is 0 Å². The number of nitrogens with two attached hydrogens (primary N) is 1. The minimum atomic E-state index is 0.561. The lowest BCUT2D eigenvalue weighted by atomic mass is 10.3. The summed E-state index contributed by atoms with van der Waals surface area (Å²) < 4.78 is 2.11. The van der Waals surface area contributed by atoms with Gasteiger partial charge in [-0.15, -0.1) is 0 Å². The fraction of sp³-hybridized carbons (Fsp3) is 0.700. The van der Waals surface area contributed by atoms with Crippen LogP contribution in [0.1, 0.15) is 19.5 Å². The van der Waals surface area contributed by atoms with Crippen LogP contribution in [0.15, 0.2) is 12.5 Å². The lowest BCUT2D eigenvalue weighted by Crippen LogP contribution is -2.30. The number of hydrogen-bond acceptors (Lipinski definition) is 3. The van der Waals surface area contributed by atoms with Crippen LogP contribution < -0.4 is 5.73 Å². The highest BCUT2D eigenvalue weighted by molar-refractivity contribution is 4.97. The van der Waals surface area contributed by atoms with E-state index in [4.69, 9.17) is 5.73 Å². The normalized spacial score (nSPS) is 11.6. The van der Waals surface area contributed by atoms with Crippen LogP contribution in [0.4, 0.5) is 0 Å². The Bertz CT molecular complexity index is 267. The summed E-state index contributed by atoms with van der Waals surface area (Å²) in [5.74, 6) is 0. The predicted octanol–water partition coefficient (Wildman–Crippen LogP) is 0.682. The van der Waals surface area contributed by atoms with Gasteiger partial charge in [0.1, 0.15) is 0 Å². The number of rotatable bonds is 5. The molecule has 4 nitrogen and oxygen atoms in total. The van der Waals surface area contributed by atoms with Gasteiger partial charge in [0.2, 0.25) is 0 Å². The second kappa shape index (κ2) is 5.12. The van der Waals surface area contributed by atoms with Crippen molar-refractivity contribution in [2.75, 3.05) is 13.6 Å². The Labute approximate surface area is 85.7 Å². The Hall–Kier alpha value is -0.870. The molecule has 0 aliphatic rings. The van der Waals surface area contributed by atoms with Crippen molar-refractivity contribution in [1.82, 2.24) is 14.5 Å². The molecule has 0 fully saturated rings. The van der Waals surface area contributed by atoms with Gasteiger partial charge >= 0.3 is 0 Å². The maximum Gasteiger partial charge on any atom is 0.0949 e. The molecule has 1 aromatic rings. The molecule has 80 valence electrons. The molecule has 0 aliphatic heterocycles. The Morgan fingerprint density at radius 2 is 2.29 bits per heavy atom. The Balaban J connectivity index is 2.45. The molecular weight excluding hydrogens is 176 g/mol. The van der Waals surface area contributed by atoms with E-state index in [1.54, 1.807) is 0 Å². The topological polar surface area (TPSA) is 47.1 Å². The number of likely N-dealkylation sites (N-methyl/N-ethyl adjacent to an activating group) is 1. The number of hydrogen-bond donors (Lipinski definition) is 1. The van der Waals surface area contributed by atoms with Crippen LogP contribution in [0.2, 0.25) is 0 Å². The van der Waals surface area contributed by atoms with Gasteiger partial charge in [0.05, 0.1) is 12.0 Å². The van der Waals surface area contributed by atoms with Crippen LogP contribution in [0.25, 0.3) is 0 Å². The SMILES string of the molecule is CC(C)N(C)CCn1cncc1CN. The van der Waals surface area contributed by atoms with E-state index in [1.165, 1.54) is 0 Å². The molecule has 0 radical (unpaired) electrons. The highest BCUT2D eigenvalue weighted by atomic mass is 15.2. The first-order valence-electron chi connectivity index (χ1n) is 5.04. The zero-order valence-electron chi connectivity index (χ0n) is 9.27. The van der Waals surface area contributed by atoms with E-state index in [9.17, 15) is 0 Å². The van der Waals surface area contributed by atoms with Crippen LogP contribution in [0, 0.1) is 0 Å². The third-order valence-corrected chi connectivity index (χ3v) is 2.58. The van der Waals surface area contributed by atoms with Crippen molar-refractivity contribution in [3.05, 3.63) is 18.2 Å². The van der Waals surface area contributed by atoms with E-state index < -0.39 is 0 Å². The van der Waals surface area contributed by atoms with Crippen molar-refractivity contribution < 1.29 is 0 Å². The molecule has 0 atom stereocenters. The first-order chi connectivity index (χ1) is 6.65. The summed E-state index contributed by atoms with van der Waals surface area (Å²) in [7, 11) is 2.13. The van der Waals surface area contributed by atoms with E-state index >= 15 is 0 Å². The predicted molar refractivity (Wildman–Crippen MR) is 57.9 cm³/mol. The van der Waals surface area contributed by atoms with Crippen molar-refractivity contribution in [2.24, 2.45) is 5.73 Å². The van der Waals surface area contributed by atoms with Gasteiger partial charge in [0.25, 0.3) is 0 Å². The lowest BCUT2D eigenvalue weighted by Gasteiger charge is -2.21. The van der Waals surface area contributed by atoms with E-state index in [1.807, 2.05) is 12.5 Å². The molecule has 4 heteroatoms. The number of aromatic nitrogens is 2.